The van der Waals surface area contributed by atoms with Crippen LogP contribution in [0.2, 0.25) is 0 Å². The summed E-state index contributed by atoms with van der Waals surface area (Å²) in [5.41, 5.74) is 1.90. The molecule has 0 atom stereocenters. The Bertz CT molecular complexity index is 644. The lowest BCUT2D eigenvalue weighted by atomic mass is 10.0. The summed E-state index contributed by atoms with van der Waals surface area (Å²) >= 11 is 0. The van der Waals surface area contributed by atoms with Crippen LogP contribution in [0.1, 0.15) is 25.7 Å². The summed E-state index contributed by atoms with van der Waals surface area (Å²) in [5, 5.41) is 0. The number of piperazine rings is 1. The van der Waals surface area contributed by atoms with Crippen LogP contribution in [-0.4, -0.2) is 47.8 Å². The van der Waals surface area contributed by atoms with Crippen molar-refractivity contribution >= 4 is 17.4 Å². The van der Waals surface area contributed by atoms with Gasteiger partial charge >= 0.3 is 0 Å². The molecule has 2 aliphatic rings. The van der Waals surface area contributed by atoms with Crippen molar-refractivity contribution in [1.82, 2.24) is 9.88 Å². The summed E-state index contributed by atoms with van der Waals surface area (Å²) < 4.78 is 0. The number of pyridine rings is 1. The molecule has 5 nitrogen and oxygen atoms in total. The van der Waals surface area contributed by atoms with Crippen LogP contribution in [0, 0.1) is 0 Å². The Balaban J connectivity index is 1.44. The Morgan fingerprint density at radius 3 is 2.42 bits per heavy atom. The highest BCUT2D eigenvalue weighted by Gasteiger charge is 2.22. The van der Waals surface area contributed by atoms with Crippen LogP contribution in [0.25, 0.3) is 0 Å². The van der Waals surface area contributed by atoms with E-state index in [4.69, 9.17) is 0 Å². The number of allylic oxidation sites excluding steroid dienone is 4. The topological polar surface area (TPSA) is 53.5 Å². The number of carbonyl (C=O) groups is 2. The number of hydrogen-bond donors (Lipinski definition) is 0. The van der Waals surface area contributed by atoms with Gasteiger partial charge in [-0.3, -0.25) is 14.6 Å². The van der Waals surface area contributed by atoms with Gasteiger partial charge in [-0.2, -0.15) is 0 Å². The van der Waals surface area contributed by atoms with Crippen LogP contribution in [0.4, 0.5) is 5.69 Å². The van der Waals surface area contributed by atoms with Crippen LogP contribution in [0.5, 0.6) is 0 Å². The fourth-order valence-electron chi connectivity index (χ4n) is 3.11. The third-order valence-electron chi connectivity index (χ3n) is 4.54. The van der Waals surface area contributed by atoms with Crippen molar-refractivity contribution in [2.45, 2.75) is 25.7 Å². The van der Waals surface area contributed by atoms with Crippen molar-refractivity contribution in [3.05, 3.63) is 48.3 Å². The zero-order valence-corrected chi connectivity index (χ0v) is 13.9. The summed E-state index contributed by atoms with van der Waals surface area (Å²) in [4.78, 5) is 32.6. The molecular weight excluding hydrogens is 302 g/mol. The lowest BCUT2D eigenvalue weighted by Gasteiger charge is -2.36. The van der Waals surface area contributed by atoms with E-state index in [1.807, 2.05) is 35.3 Å². The Labute approximate surface area is 142 Å². The van der Waals surface area contributed by atoms with E-state index in [0.717, 1.165) is 37.2 Å². The largest absolute Gasteiger partial charge is 0.368 e. The molecule has 126 valence electrons. The highest BCUT2D eigenvalue weighted by Crippen LogP contribution is 2.16. The predicted octanol–water partition coefficient (Wildman–Crippen LogP) is 2.36. The summed E-state index contributed by atoms with van der Waals surface area (Å²) in [5.74, 6) is 0.160. The van der Waals surface area contributed by atoms with E-state index in [2.05, 4.69) is 9.88 Å². The van der Waals surface area contributed by atoms with Gasteiger partial charge in [-0.1, -0.05) is 18.2 Å². The minimum Gasteiger partial charge on any atom is -0.368 e. The molecule has 0 radical (unpaired) electrons. The first-order chi connectivity index (χ1) is 11.7. The average Bonchev–Trinajstić information content (AvgIpc) is 2.67. The van der Waals surface area contributed by atoms with Crippen molar-refractivity contribution in [3.63, 3.8) is 0 Å². The number of amides is 1. The number of nitrogens with zero attached hydrogens (tertiary/aromatic N) is 3. The van der Waals surface area contributed by atoms with Gasteiger partial charge < -0.3 is 9.80 Å². The molecule has 0 aromatic carbocycles. The maximum absolute atomic E-state index is 12.3. The second-order valence-corrected chi connectivity index (χ2v) is 6.14. The second-order valence-electron chi connectivity index (χ2n) is 6.14. The monoisotopic (exact) mass is 325 g/mol. The Morgan fingerprint density at radius 1 is 1.00 bits per heavy atom. The summed E-state index contributed by atoms with van der Waals surface area (Å²) in [7, 11) is 0. The SMILES string of the molecule is O=C(CCC(=O)N1CCN(c2ccncc2)CC1)C1=CCCC=C1. The molecular formula is C19H23N3O2. The van der Waals surface area contributed by atoms with E-state index in [1.54, 1.807) is 12.4 Å². The maximum Gasteiger partial charge on any atom is 0.223 e. The van der Waals surface area contributed by atoms with Gasteiger partial charge in [-0.15, -0.1) is 0 Å². The Morgan fingerprint density at radius 2 is 1.75 bits per heavy atom. The molecule has 24 heavy (non-hydrogen) atoms. The van der Waals surface area contributed by atoms with Gasteiger partial charge in [-0.05, 0) is 25.0 Å². The van der Waals surface area contributed by atoms with E-state index in [0.29, 0.717) is 25.9 Å². The quantitative estimate of drug-likeness (QED) is 0.834. The number of carbonyl (C=O) groups excluding carboxylic acids is 2. The van der Waals surface area contributed by atoms with E-state index in [1.165, 1.54) is 0 Å². The molecule has 0 bridgehead atoms. The molecule has 1 aliphatic carbocycles. The highest BCUT2D eigenvalue weighted by molar-refractivity contribution is 5.99. The third kappa shape index (κ3) is 4.10. The fraction of sp³-hybridized carbons (Fsp3) is 0.421. The van der Waals surface area contributed by atoms with Gasteiger partial charge in [0.05, 0.1) is 0 Å². The van der Waals surface area contributed by atoms with Crippen molar-refractivity contribution in [1.29, 1.82) is 0 Å². The van der Waals surface area contributed by atoms with Crippen LogP contribution in [0.3, 0.4) is 0 Å². The molecule has 5 heteroatoms. The highest BCUT2D eigenvalue weighted by atomic mass is 16.2. The minimum absolute atomic E-state index is 0.0784. The third-order valence-corrected chi connectivity index (χ3v) is 4.54. The summed E-state index contributed by atoms with van der Waals surface area (Å²) in [6.07, 6.45) is 12.0. The van der Waals surface area contributed by atoms with Crippen molar-refractivity contribution in [2.75, 3.05) is 31.1 Å². The van der Waals surface area contributed by atoms with Gasteiger partial charge in [0.15, 0.2) is 5.78 Å². The molecule has 0 unspecified atom stereocenters. The first-order valence-corrected chi connectivity index (χ1v) is 8.57. The van der Waals surface area contributed by atoms with Crippen molar-refractivity contribution in [3.8, 4) is 0 Å². The predicted molar refractivity (Wildman–Crippen MR) is 93.7 cm³/mol. The van der Waals surface area contributed by atoms with Gasteiger partial charge in [0.2, 0.25) is 5.91 Å². The minimum atomic E-state index is 0.0784. The molecule has 1 aromatic heterocycles. The first-order valence-electron chi connectivity index (χ1n) is 8.57. The van der Waals surface area contributed by atoms with Crippen molar-refractivity contribution < 1.29 is 9.59 Å². The second kappa shape index (κ2) is 7.90. The van der Waals surface area contributed by atoms with Gasteiger partial charge in [-0.25, -0.2) is 0 Å². The van der Waals surface area contributed by atoms with E-state index in [-0.39, 0.29) is 11.7 Å². The number of Topliss-reactive ketones (excluding diaryl/α,β-unsaturated/α-hetero) is 1. The molecule has 0 saturated carbocycles. The molecule has 1 fully saturated rings. The van der Waals surface area contributed by atoms with Crippen LogP contribution in [0.15, 0.2) is 48.3 Å². The fourth-order valence-corrected chi connectivity index (χ4v) is 3.11. The zero-order valence-electron chi connectivity index (χ0n) is 13.9. The molecule has 1 amide bonds. The van der Waals surface area contributed by atoms with Gasteiger partial charge in [0, 0.05) is 62.7 Å². The molecule has 0 spiro atoms. The average molecular weight is 325 g/mol. The van der Waals surface area contributed by atoms with Crippen LogP contribution < -0.4 is 4.90 Å². The Kier molecular flexibility index (Phi) is 5.41. The first kappa shape index (κ1) is 16.4. The number of anilines is 1. The molecule has 1 aromatic rings. The molecule has 1 aliphatic heterocycles. The summed E-state index contributed by atoms with van der Waals surface area (Å²) in [6, 6.07) is 3.98. The molecule has 1 saturated heterocycles. The lowest BCUT2D eigenvalue weighted by Crippen LogP contribution is -2.48. The standard InChI is InChI=1S/C19H23N3O2/c23-18(16-4-2-1-3-5-16)6-7-19(24)22-14-12-21(13-15-22)17-8-10-20-11-9-17/h2,4-5,8-11H,1,3,6-7,12-15H2. The Hall–Kier alpha value is -2.43. The number of hydrogen-bond acceptors (Lipinski definition) is 4. The van der Waals surface area contributed by atoms with E-state index in [9.17, 15) is 9.59 Å². The van der Waals surface area contributed by atoms with Crippen LogP contribution in [-0.2, 0) is 9.59 Å². The van der Waals surface area contributed by atoms with Gasteiger partial charge in [0.1, 0.15) is 0 Å². The molecule has 2 heterocycles. The molecule has 0 N–H and O–H groups in total. The lowest BCUT2D eigenvalue weighted by molar-refractivity contribution is -0.133. The van der Waals surface area contributed by atoms with E-state index >= 15 is 0 Å². The normalized spacial score (nSPS) is 17.6. The number of ketones is 1. The molecule has 3 rings (SSSR count). The number of rotatable bonds is 5. The zero-order chi connectivity index (χ0) is 16.8. The smallest absolute Gasteiger partial charge is 0.223 e. The van der Waals surface area contributed by atoms with Crippen LogP contribution >= 0.6 is 0 Å². The number of aromatic nitrogens is 1. The van der Waals surface area contributed by atoms with Crippen molar-refractivity contribution in [2.24, 2.45) is 0 Å². The maximum atomic E-state index is 12.3. The summed E-state index contributed by atoms with van der Waals surface area (Å²) in [6.45, 7) is 3.05. The van der Waals surface area contributed by atoms with E-state index < -0.39 is 0 Å². The van der Waals surface area contributed by atoms with Gasteiger partial charge in [0.25, 0.3) is 0 Å².